The smallest absolute Gasteiger partial charge is 0.508 e. The Morgan fingerprint density at radius 1 is 0.379 bits per heavy atom. The van der Waals surface area contributed by atoms with Gasteiger partial charge in [-0.05, 0) is 188 Å². The lowest BCUT2D eigenvalue weighted by Crippen LogP contribution is -2.12. The van der Waals surface area contributed by atoms with Crippen molar-refractivity contribution >= 4 is 12.3 Å². The molecular weight excluding hydrogens is 1120 g/mol. The highest BCUT2D eigenvalue weighted by Gasteiger charge is 2.19. The molecular formula is C69H78O18. The van der Waals surface area contributed by atoms with E-state index in [1.165, 1.54) is 22.3 Å². The molecule has 2 fully saturated rings. The summed E-state index contributed by atoms with van der Waals surface area (Å²) in [5, 5.41) is 72.3. The van der Waals surface area contributed by atoms with Crippen molar-refractivity contribution in [3.8, 4) is 46.0 Å². The molecule has 2 heterocycles. The molecule has 0 amide bonds. The third-order valence-corrected chi connectivity index (χ3v) is 12.0. The maximum absolute atomic E-state index is 10.0. The number of aliphatic hydroxyl groups excluding tert-OH is 4. The van der Waals surface area contributed by atoms with Crippen molar-refractivity contribution in [1.29, 1.82) is 0 Å². The van der Waals surface area contributed by atoms with E-state index < -0.39 is 24.5 Å². The first-order valence-corrected chi connectivity index (χ1v) is 28.2. The molecule has 0 bridgehead atoms. The predicted molar refractivity (Wildman–Crippen MR) is 328 cm³/mol. The number of aliphatic hydroxyl groups is 4. The summed E-state index contributed by atoms with van der Waals surface area (Å²) in [5.74, 6) is 4.18. The lowest BCUT2D eigenvalue weighted by Gasteiger charge is -2.10. The Morgan fingerprint density at radius 2 is 0.621 bits per heavy atom. The van der Waals surface area contributed by atoms with E-state index in [1.54, 1.807) is 69.3 Å². The zero-order valence-corrected chi connectivity index (χ0v) is 49.1. The summed E-state index contributed by atoms with van der Waals surface area (Å²) in [6, 6.07) is 60.0. The number of rotatable bonds is 20. The molecule has 0 saturated carbocycles. The number of cyclic esters (lactones) is 4. The number of benzene rings is 8. The number of phenolic OH excluding ortho intramolecular Hbond substituents is 4. The first kappa shape index (κ1) is 68.3. The minimum atomic E-state index is -0.549. The first-order chi connectivity index (χ1) is 42.0. The molecule has 2 aliphatic heterocycles. The van der Waals surface area contributed by atoms with Crippen molar-refractivity contribution in [2.45, 2.75) is 64.8 Å². The standard InChI is InChI=1S/C19H24O4.C17H20O4.2C13H12O2.C4H6O3.C3H4O3/c1-14(20)12-22-18-7-3-16(4-8-18)11-17-5-9-19(10-6-17)23-13-15(2)21;18-9-11-20-16-5-1-14(2-6-16)13-15-3-7-17(8-4-15)21-12-10-19;2*14-12-5-1-10(2-6-12)9-11-3-7-13(15)8-4-11;1-3-2-6-4(5)7-3;4-3-5-1-2-6-3/h3-10,14-15,20-21H,11-13H2,1-2H3;1-8,18-19H,9-13H2;2*1-8,14-15H,9H2;3H,2H2,1H3;1-2H2. The Balaban J connectivity index is 0.000000199. The predicted octanol–water partition coefficient (Wildman–Crippen LogP) is 10.9. The summed E-state index contributed by atoms with van der Waals surface area (Å²) in [6.07, 6.45) is 1.19. The number of hydrogen-bond donors (Lipinski definition) is 8. The van der Waals surface area contributed by atoms with Crippen LogP contribution in [0.15, 0.2) is 194 Å². The topological polar surface area (TPSA) is 270 Å². The van der Waals surface area contributed by atoms with Gasteiger partial charge in [-0.2, -0.15) is 0 Å². The van der Waals surface area contributed by atoms with Gasteiger partial charge >= 0.3 is 12.3 Å². The third kappa shape index (κ3) is 29.3. The van der Waals surface area contributed by atoms with Crippen LogP contribution < -0.4 is 18.9 Å². The molecule has 0 spiro atoms. The van der Waals surface area contributed by atoms with Crippen LogP contribution in [0.5, 0.6) is 46.0 Å². The van der Waals surface area contributed by atoms with Crippen LogP contribution in [0.3, 0.4) is 0 Å². The minimum absolute atomic E-state index is 0.0203. The van der Waals surface area contributed by atoms with Crippen molar-refractivity contribution in [1.82, 2.24) is 0 Å². The Kier molecular flexibility index (Phi) is 30.2. The lowest BCUT2D eigenvalue weighted by atomic mass is 10.0. The Labute approximate surface area is 507 Å². The van der Waals surface area contributed by atoms with E-state index in [-0.39, 0.29) is 42.3 Å². The van der Waals surface area contributed by atoms with Crippen LogP contribution in [0.25, 0.3) is 0 Å². The van der Waals surface area contributed by atoms with Crippen LogP contribution in [0.2, 0.25) is 0 Å². The van der Waals surface area contributed by atoms with E-state index >= 15 is 0 Å². The molecule has 10 rings (SSSR count). The summed E-state index contributed by atoms with van der Waals surface area (Å²) in [4.78, 5) is 19.8. The molecule has 18 heteroatoms. The average Bonchev–Trinajstić information content (AvgIpc) is 4.33. The molecule has 3 unspecified atom stereocenters. The molecule has 0 aromatic heterocycles. The van der Waals surface area contributed by atoms with Gasteiger partial charge in [-0.25, -0.2) is 9.59 Å². The second-order valence-electron chi connectivity index (χ2n) is 19.8. The fourth-order valence-electron chi connectivity index (χ4n) is 7.68. The van der Waals surface area contributed by atoms with E-state index in [0.29, 0.717) is 46.2 Å². The molecule has 18 nitrogen and oxygen atoms in total. The summed E-state index contributed by atoms with van der Waals surface area (Å²) >= 11 is 0. The van der Waals surface area contributed by atoms with Crippen LogP contribution >= 0.6 is 0 Å². The van der Waals surface area contributed by atoms with Crippen LogP contribution in [-0.2, 0) is 44.6 Å². The van der Waals surface area contributed by atoms with E-state index in [4.69, 9.17) is 49.6 Å². The molecule has 462 valence electrons. The molecule has 8 aromatic carbocycles. The second-order valence-corrected chi connectivity index (χ2v) is 19.8. The molecule has 87 heavy (non-hydrogen) atoms. The largest absolute Gasteiger partial charge is 0.508 e. The third-order valence-electron chi connectivity index (χ3n) is 12.0. The highest BCUT2D eigenvalue weighted by molar-refractivity contribution is 5.61. The molecule has 3 atom stereocenters. The number of carbonyl (C=O) groups is 2. The number of ether oxygens (including phenoxy) is 8. The molecule has 8 aromatic rings. The lowest BCUT2D eigenvalue weighted by molar-refractivity contribution is 0.121. The van der Waals surface area contributed by atoms with E-state index in [0.717, 1.165) is 70.9 Å². The maximum Gasteiger partial charge on any atom is 0.508 e. The van der Waals surface area contributed by atoms with Gasteiger partial charge in [0.1, 0.15) is 98.3 Å². The van der Waals surface area contributed by atoms with Gasteiger partial charge in [-0.3, -0.25) is 0 Å². The van der Waals surface area contributed by atoms with E-state index in [9.17, 15) is 19.8 Å². The van der Waals surface area contributed by atoms with E-state index in [1.807, 2.05) is 146 Å². The SMILES string of the molecule is CC(O)COc1ccc(Cc2ccc(OCC(C)O)cc2)cc1.CC1COC(=O)O1.O=C1OCCO1.OCCOc1ccc(Cc2ccc(OCCO)cc2)cc1.Oc1ccc(Cc2ccc(O)cc2)cc1.Oc1ccc(Cc2ccc(O)cc2)cc1. The van der Waals surface area contributed by atoms with Gasteiger partial charge in [-0.15, -0.1) is 0 Å². The summed E-state index contributed by atoms with van der Waals surface area (Å²) in [7, 11) is 0. The van der Waals surface area contributed by atoms with Gasteiger partial charge in [0.25, 0.3) is 0 Å². The van der Waals surface area contributed by atoms with Crippen molar-refractivity contribution in [3.05, 3.63) is 239 Å². The van der Waals surface area contributed by atoms with Crippen LogP contribution in [0, 0.1) is 0 Å². The minimum Gasteiger partial charge on any atom is -0.508 e. The van der Waals surface area contributed by atoms with E-state index in [2.05, 4.69) is 18.9 Å². The van der Waals surface area contributed by atoms with Crippen molar-refractivity contribution in [2.75, 3.05) is 59.5 Å². The molecule has 0 radical (unpaired) electrons. The molecule has 2 aliphatic rings. The van der Waals surface area contributed by atoms with Gasteiger partial charge in [0.05, 0.1) is 25.4 Å². The van der Waals surface area contributed by atoms with Crippen LogP contribution in [0.1, 0.15) is 65.3 Å². The fourth-order valence-corrected chi connectivity index (χ4v) is 7.68. The first-order valence-electron chi connectivity index (χ1n) is 28.2. The number of aromatic hydroxyl groups is 4. The number of hydrogen-bond acceptors (Lipinski definition) is 18. The van der Waals surface area contributed by atoms with Gasteiger partial charge in [0.15, 0.2) is 0 Å². The monoisotopic (exact) mass is 1190 g/mol. The molecule has 0 aliphatic carbocycles. The maximum atomic E-state index is 10.0. The van der Waals surface area contributed by atoms with Crippen LogP contribution in [-0.4, -0.2) is 131 Å². The van der Waals surface area contributed by atoms with Gasteiger partial charge in [0, 0.05) is 0 Å². The second kappa shape index (κ2) is 38.5. The van der Waals surface area contributed by atoms with Gasteiger partial charge in [0.2, 0.25) is 0 Å². The average molecular weight is 1200 g/mol. The Bertz CT molecular complexity index is 2850. The highest BCUT2D eigenvalue weighted by Crippen LogP contribution is 2.22. The van der Waals surface area contributed by atoms with Crippen molar-refractivity contribution in [3.63, 3.8) is 0 Å². The van der Waals surface area contributed by atoms with Gasteiger partial charge in [-0.1, -0.05) is 97.1 Å². The Morgan fingerprint density at radius 3 is 0.793 bits per heavy atom. The summed E-state index contributed by atoms with van der Waals surface area (Å²) < 4.78 is 39.0. The van der Waals surface area contributed by atoms with Crippen LogP contribution in [0.4, 0.5) is 9.59 Å². The van der Waals surface area contributed by atoms with Crippen molar-refractivity contribution in [2.24, 2.45) is 0 Å². The highest BCUT2D eigenvalue weighted by atomic mass is 16.8. The number of carbonyl (C=O) groups excluding carboxylic acids is 2. The fraction of sp³-hybridized carbons (Fsp3) is 0.275. The van der Waals surface area contributed by atoms with Gasteiger partial charge < -0.3 is 78.7 Å². The quantitative estimate of drug-likeness (QED) is 0.0330. The molecule has 8 N–H and O–H groups in total. The normalized spacial score (nSPS) is 13.3. The zero-order chi connectivity index (χ0) is 62.6. The molecule has 2 saturated heterocycles. The Hall–Kier alpha value is -9.46. The summed E-state index contributed by atoms with van der Waals surface area (Å²) in [6.45, 7) is 7.68. The summed E-state index contributed by atoms with van der Waals surface area (Å²) in [5.41, 5.74) is 9.30. The van der Waals surface area contributed by atoms with Crippen molar-refractivity contribution < 1.29 is 88.3 Å². The number of phenols is 4. The zero-order valence-electron chi connectivity index (χ0n) is 49.1.